The first-order valence-corrected chi connectivity index (χ1v) is 7.12. The van der Waals surface area contributed by atoms with E-state index in [0.717, 1.165) is 5.56 Å². The van der Waals surface area contributed by atoms with Gasteiger partial charge in [0.05, 0.1) is 11.8 Å². The Morgan fingerprint density at radius 1 is 0.875 bits per heavy atom. The summed E-state index contributed by atoms with van der Waals surface area (Å²) in [6.07, 6.45) is 1.50. The first kappa shape index (κ1) is 18.8. The summed E-state index contributed by atoms with van der Waals surface area (Å²) in [6.45, 7) is 2.59. The molecule has 2 aromatic carbocycles. The van der Waals surface area contributed by atoms with Gasteiger partial charge < -0.3 is 4.84 Å². The molecule has 0 atom stereocenters. The lowest BCUT2D eigenvalue weighted by molar-refractivity contribution is -0.127. The molecule has 0 aromatic heterocycles. The van der Waals surface area contributed by atoms with Crippen molar-refractivity contribution in [1.82, 2.24) is 5.32 Å². The highest BCUT2D eigenvalue weighted by Gasteiger charge is 2.04. The second kappa shape index (κ2) is 10.4. The van der Waals surface area contributed by atoms with Gasteiger partial charge in [0, 0.05) is 13.8 Å². The number of rotatable bonds is 3. The molecule has 0 spiro atoms. The molecular weight excluding hydrogens is 308 g/mol. The molecule has 0 bridgehead atoms. The van der Waals surface area contributed by atoms with E-state index in [2.05, 4.69) is 5.16 Å². The summed E-state index contributed by atoms with van der Waals surface area (Å²) in [6, 6.07) is 18.2. The van der Waals surface area contributed by atoms with Crippen LogP contribution in [0.2, 0.25) is 0 Å². The third kappa shape index (κ3) is 8.23. The molecule has 0 aliphatic carbocycles. The number of hydrogen-bond donors (Lipinski definition) is 1. The molecule has 0 saturated heterocycles. The van der Waals surface area contributed by atoms with Crippen LogP contribution in [0, 0.1) is 0 Å². The van der Waals surface area contributed by atoms with E-state index in [1.165, 1.54) is 20.1 Å². The van der Waals surface area contributed by atoms with Crippen molar-refractivity contribution in [3.63, 3.8) is 0 Å². The summed E-state index contributed by atoms with van der Waals surface area (Å²) in [5.41, 5.74) is 1.37. The van der Waals surface area contributed by atoms with Crippen LogP contribution in [0.1, 0.15) is 29.8 Å². The molecule has 0 unspecified atom stereocenters. The highest BCUT2D eigenvalue weighted by molar-refractivity contribution is 5.92. The predicted molar refractivity (Wildman–Crippen MR) is 90.4 cm³/mol. The van der Waals surface area contributed by atoms with Gasteiger partial charge in [-0.25, -0.2) is 4.79 Å². The lowest BCUT2D eigenvalue weighted by Gasteiger charge is -1.96. The Kier molecular flexibility index (Phi) is 8.17. The minimum absolute atomic E-state index is 0.312. The van der Waals surface area contributed by atoms with E-state index in [9.17, 15) is 14.4 Å². The summed E-state index contributed by atoms with van der Waals surface area (Å²) in [5, 5.41) is 5.67. The molecule has 0 radical (unpaired) electrons. The molecule has 6 nitrogen and oxygen atoms in total. The van der Waals surface area contributed by atoms with Crippen LogP contribution in [-0.2, 0) is 14.4 Å². The summed E-state index contributed by atoms with van der Waals surface area (Å²) < 4.78 is 0. The first-order valence-electron chi connectivity index (χ1n) is 7.12. The maximum absolute atomic E-state index is 11.5. The Labute approximate surface area is 140 Å². The summed E-state index contributed by atoms with van der Waals surface area (Å²) in [4.78, 5) is 36.1. The Morgan fingerprint density at radius 2 is 1.38 bits per heavy atom. The maximum Gasteiger partial charge on any atom is 0.365 e. The predicted octanol–water partition coefficient (Wildman–Crippen LogP) is 2.55. The molecule has 6 heteroatoms. The van der Waals surface area contributed by atoms with Crippen molar-refractivity contribution in [2.75, 3.05) is 0 Å². The number of benzene rings is 2. The van der Waals surface area contributed by atoms with Crippen molar-refractivity contribution in [2.45, 2.75) is 13.8 Å². The van der Waals surface area contributed by atoms with Crippen LogP contribution in [0.4, 0.5) is 0 Å². The van der Waals surface area contributed by atoms with Gasteiger partial charge in [0.1, 0.15) is 0 Å². The van der Waals surface area contributed by atoms with Gasteiger partial charge in [-0.3, -0.25) is 14.9 Å². The molecular formula is C18H18N2O4. The van der Waals surface area contributed by atoms with Gasteiger partial charge in [-0.05, 0) is 17.7 Å². The number of carbonyl (C=O) groups excluding carboxylic acids is 3. The van der Waals surface area contributed by atoms with E-state index < -0.39 is 5.97 Å². The van der Waals surface area contributed by atoms with Crippen molar-refractivity contribution >= 4 is 24.0 Å². The molecule has 0 aliphatic heterocycles. The van der Waals surface area contributed by atoms with E-state index in [1.54, 1.807) is 24.3 Å². The van der Waals surface area contributed by atoms with Gasteiger partial charge in [-0.2, -0.15) is 0 Å². The van der Waals surface area contributed by atoms with E-state index in [4.69, 9.17) is 4.84 Å². The van der Waals surface area contributed by atoms with Crippen LogP contribution < -0.4 is 5.32 Å². The lowest BCUT2D eigenvalue weighted by atomic mass is 10.2. The lowest BCUT2D eigenvalue weighted by Crippen LogP contribution is -2.24. The second-order valence-electron chi connectivity index (χ2n) is 4.63. The fraction of sp³-hybridized carbons (Fsp3) is 0.111. The van der Waals surface area contributed by atoms with E-state index >= 15 is 0 Å². The molecule has 2 amide bonds. The van der Waals surface area contributed by atoms with Crippen molar-refractivity contribution < 1.29 is 19.2 Å². The van der Waals surface area contributed by atoms with Gasteiger partial charge >= 0.3 is 5.97 Å². The Hall–Kier alpha value is -3.28. The molecule has 0 heterocycles. The Bertz CT molecular complexity index is 685. The average molecular weight is 326 g/mol. The largest absolute Gasteiger partial charge is 0.365 e. The average Bonchev–Trinajstić information content (AvgIpc) is 2.56. The fourth-order valence-corrected chi connectivity index (χ4v) is 1.55. The number of imide groups is 1. The minimum atomic E-state index is -0.460. The van der Waals surface area contributed by atoms with Crippen molar-refractivity contribution in [1.29, 1.82) is 0 Å². The molecule has 0 saturated carbocycles. The fourth-order valence-electron chi connectivity index (χ4n) is 1.55. The van der Waals surface area contributed by atoms with Crippen molar-refractivity contribution in [3.8, 4) is 0 Å². The SMILES string of the molecule is CC(=O)NC(C)=O.O=C(ON=Cc1ccccc1)c1ccccc1. The normalized spacial score (nSPS) is 9.58. The van der Waals surface area contributed by atoms with E-state index in [-0.39, 0.29) is 11.8 Å². The number of nitrogens with zero attached hydrogens (tertiary/aromatic N) is 1. The number of oxime groups is 1. The van der Waals surface area contributed by atoms with E-state index in [1.807, 2.05) is 41.7 Å². The Balaban J connectivity index is 0.000000351. The summed E-state index contributed by atoms with van der Waals surface area (Å²) in [5.74, 6) is -1.09. The topological polar surface area (TPSA) is 84.8 Å². The highest BCUT2D eigenvalue weighted by atomic mass is 16.7. The zero-order valence-corrected chi connectivity index (χ0v) is 13.4. The van der Waals surface area contributed by atoms with Crippen LogP contribution in [0.3, 0.4) is 0 Å². The molecule has 124 valence electrons. The van der Waals surface area contributed by atoms with Gasteiger partial charge in [0.2, 0.25) is 11.8 Å². The molecule has 2 aromatic rings. The van der Waals surface area contributed by atoms with Crippen molar-refractivity contribution in [2.24, 2.45) is 5.16 Å². The minimum Gasteiger partial charge on any atom is -0.313 e. The van der Waals surface area contributed by atoms with Crippen LogP contribution in [0.15, 0.2) is 65.8 Å². The molecule has 0 aliphatic rings. The number of amides is 2. The number of hydrogen-bond acceptors (Lipinski definition) is 5. The molecule has 2 rings (SSSR count). The van der Waals surface area contributed by atoms with Crippen LogP contribution in [0.5, 0.6) is 0 Å². The van der Waals surface area contributed by atoms with E-state index in [0.29, 0.717) is 5.56 Å². The number of carbonyl (C=O) groups is 3. The summed E-state index contributed by atoms with van der Waals surface area (Å²) >= 11 is 0. The maximum atomic E-state index is 11.5. The van der Waals surface area contributed by atoms with Crippen LogP contribution >= 0.6 is 0 Å². The molecule has 1 N–H and O–H groups in total. The third-order valence-corrected chi connectivity index (χ3v) is 2.50. The monoisotopic (exact) mass is 326 g/mol. The zero-order chi connectivity index (χ0) is 17.8. The second-order valence-corrected chi connectivity index (χ2v) is 4.63. The quantitative estimate of drug-likeness (QED) is 0.533. The van der Waals surface area contributed by atoms with Crippen LogP contribution in [0.25, 0.3) is 0 Å². The summed E-state index contributed by atoms with van der Waals surface area (Å²) in [7, 11) is 0. The smallest absolute Gasteiger partial charge is 0.313 e. The van der Waals surface area contributed by atoms with Gasteiger partial charge in [-0.15, -0.1) is 0 Å². The Morgan fingerprint density at radius 3 is 1.83 bits per heavy atom. The van der Waals surface area contributed by atoms with Gasteiger partial charge in [0.25, 0.3) is 0 Å². The zero-order valence-electron chi connectivity index (χ0n) is 13.4. The molecule has 24 heavy (non-hydrogen) atoms. The van der Waals surface area contributed by atoms with Crippen molar-refractivity contribution in [3.05, 3.63) is 71.8 Å². The standard InChI is InChI=1S/C14H11NO2.C4H7NO2/c16-14(13-9-5-2-6-10-13)17-15-11-12-7-3-1-4-8-12;1-3(6)5-4(2)7/h1-11H;1-2H3,(H,5,6,7). The first-order chi connectivity index (χ1) is 11.5. The third-order valence-electron chi connectivity index (χ3n) is 2.50. The van der Waals surface area contributed by atoms with Crippen LogP contribution in [-0.4, -0.2) is 24.0 Å². The number of nitrogens with one attached hydrogen (secondary N) is 1. The molecule has 0 fully saturated rings. The van der Waals surface area contributed by atoms with Gasteiger partial charge in [0.15, 0.2) is 0 Å². The van der Waals surface area contributed by atoms with Gasteiger partial charge in [-0.1, -0.05) is 53.7 Å². The highest BCUT2D eigenvalue weighted by Crippen LogP contribution is 2.01.